The van der Waals surface area contributed by atoms with Gasteiger partial charge < -0.3 is 14.9 Å². The molecular weight excluding hydrogens is 256 g/mol. The van der Waals surface area contributed by atoms with Crippen LogP contribution >= 0.6 is 0 Å². The fraction of sp³-hybridized carbons (Fsp3) is 0.188. The van der Waals surface area contributed by atoms with Crippen molar-refractivity contribution in [1.82, 2.24) is 0 Å². The first kappa shape index (κ1) is 15.7. The maximum Gasteiger partial charge on any atom is 0.300 e. The highest BCUT2D eigenvalue weighted by molar-refractivity contribution is 5.62. The molecule has 106 valence electrons. The summed E-state index contributed by atoms with van der Waals surface area (Å²) in [6, 6.07) is 15.3. The number of aliphatic hydroxyl groups is 1. The van der Waals surface area contributed by atoms with Crippen molar-refractivity contribution >= 4 is 5.97 Å². The largest absolute Gasteiger partial charge is 0.481 e. The van der Waals surface area contributed by atoms with Gasteiger partial charge in [-0.3, -0.25) is 4.79 Å². The first-order valence-corrected chi connectivity index (χ1v) is 6.15. The van der Waals surface area contributed by atoms with Gasteiger partial charge >= 0.3 is 0 Å². The summed E-state index contributed by atoms with van der Waals surface area (Å²) in [5, 5.41) is 16.4. The maximum absolute atomic E-state index is 9.02. The number of hydrogen-bond donors (Lipinski definition) is 2. The van der Waals surface area contributed by atoms with Crippen molar-refractivity contribution in [2.45, 2.75) is 20.5 Å². The van der Waals surface area contributed by atoms with Gasteiger partial charge in [-0.05, 0) is 42.3 Å². The first-order chi connectivity index (χ1) is 9.51. The fourth-order valence-corrected chi connectivity index (χ4v) is 1.52. The lowest BCUT2D eigenvalue weighted by Gasteiger charge is -2.07. The normalized spacial score (nSPS) is 9.35. The molecular formula is C16H18O4. The lowest BCUT2D eigenvalue weighted by Crippen LogP contribution is -1.87. The van der Waals surface area contributed by atoms with Crippen LogP contribution < -0.4 is 4.74 Å². The summed E-state index contributed by atoms with van der Waals surface area (Å²) in [5.41, 5.74) is 2.01. The average Bonchev–Trinajstić information content (AvgIpc) is 2.38. The molecule has 0 bridgehead atoms. The van der Waals surface area contributed by atoms with E-state index in [0.29, 0.717) is 0 Å². The van der Waals surface area contributed by atoms with Crippen LogP contribution in [0.25, 0.3) is 0 Å². The van der Waals surface area contributed by atoms with Crippen molar-refractivity contribution in [1.29, 1.82) is 0 Å². The van der Waals surface area contributed by atoms with E-state index in [1.807, 2.05) is 55.5 Å². The van der Waals surface area contributed by atoms with Crippen molar-refractivity contribution < 1.29 is 19.7 Å². The van der Waals surface area contributed by atoms with Crippen LogP contribution in [0.15, 0.2) is 48.5 Å². The molecule has 4 heteroatoms. The molecule has 0 radical (unpaired) electrons. The van der Waals surface area contributed by atoms with Crippen LogP contribution in [-0.4, -0.2) is 16.2 Å². The molecule has 0 saturated heterocycles. The summed E-state index contributed by atoms with van der Waals surface area (Å²) >= 11 is 0. The third kappa shape index (κ3) is 6.02. The van der Waals surface area contributed by atoms with Gasteiger partial charge in [0.15, 0.2) is 0 Å². The Balaban J connectivity index is 0.000000444. The molecule has 4 nitrogen and oxygen atoms in total. The van der Waals surface area contributed by atoms with E-state index >= 15 is 0 Å². The number of aryl methyl sites for hydroxylation is 1. The zero-order valence-electron chi connectivity index (χ0n) is 11.5. The second-order valence-corrected chi connectivity index (χ2v) is 4.24. The van der Waals surface area contributed by atoms with Gasteiger partial charge in [-0.1, -0.05) is 24.3 Å². The minimum absolute atomic E-state index is 0.0328. The maximum atomic E-state index is 9.02. The Morgan fingerprint density at radius 1 is 1.10 bits per heavy atom. The number of aliphatic hydroxyl groups excluding tert-OH is 1. The molecule has 0 aromatic heterocycles. The molecule has 0 aliphatic rings. The number of aliphatic carboxylic acids is 1. The second-order valence-electron chi connectivity index (χ2n) is 4.24. The van der Waals surface area contributed by atoms with E-state index in [2.05, 4.69) is 0 Å². The van der Waals surface area contributed by atoms with Crippen LogP contribution in [0.2, 0.25) is 0 Å². The highest BCUT2D eigenvalue weighted by Gasteiger charge is 1.98. The van der Waals surface area contributed by atoms with Gasteiger partial charge in [0, 0.05) is 6.92 Å². The summed E-state index contributed by atoms with van der Waals surface area (Å²) in [6.45, 7) is 3.14. The fourth-order valence-electron chi connectivity index (χ4n) is 1.52. The zero-order valence-corrected chi connectivity index (χ0v) is 11.5. The number of rotatable bonds is 3. The predicted octanol–water partition coefficient (Wildman–Crippen LogP) is 3.37. The highest BCUT2D eigenvalue weighted by Crippen LogP contribution is 2.22. The second kappa shape index (κ2) is 7.96. The van der Waals surface area contributed by atoms with E-state index < -0.39 is 5.97 Å². The summed E-state index contributed by atoms with van der Waals surface area (Å²) in [6.07, 6.45) is 0. The van der Waals surface area contributed by atoms with Crippen LogP contribution in [0, 0.1) is 6.92 Å². The van der Waals surface area contributed by atoms with Crippen LogP contribution in [0.4, 0.5) is 0 Å². The predicted molar refractivity (Wildman–Crippen MR) is 76.9 cm³/mol. The molecule has 2 aromatic rings. The van der Waals surface area contributed by atoms with Gasteiger partial charge in [-0.25, -0.2) is 0 Å². The third-order valence-electron chi connectivity index (χ3n) is 2.31. The number of carboxylic acids is 1. The molecule has 0 aliphatic heterocycles. The molecule has 0 saturated carbocycles. The van der Waals surface area contributed by atoms with Gasteiger partial charge in [0.2, 0.25) is 0 Å². The Morgan fingerprint density at radius 2 is 1.65 bits per heavy atom. The lowest BCUT2D eigenvalue weighted by molar-refractivity contribution is -0.134. The highest BCUT2D eigenvalue weighted by atomic mass is 16.5. The van der Waals surface area contributed by atoms with Crippen molar-refractivity contribution in [2.75, 3.05) is 0 Å². The van der Waals surface area contributed by atoms with E-state index in [0.717, 1.165) is 29.5 Å². The minimum Gasteiger partial charge on any atom is -0.481 e. The van der Waals surface area contributed by atoms with E-state index in [1.54, 1.807) is 0 Å². The van der Waals surface area contributed by atoms with E-state index in [9.17, 15) is 0 Å². The Labute approximate surface area is 118 Å². The van der Waals surface area contributed by atoms with Gasteiger partial charge in [0.05, 0.1) is 6.61 Å². The number of carbonyl (C=O) groups is 1. The topological polar surface area (TPSA) is 66.8 Å². The van der Waals surface area contributed by atoms with E-state index in [1.165, 1.54) is 0 Å². The average molecular weight is 274 g/mol. The lowest BCUT2D eigenvalue weighted by atomic mass is 10.2. The smallest absolute Gasteiger partial charge is 0.300 e. The Hall–Kier alpha value is -2.33. The van der Waals surface area contributed by atoms with E-state index in [-0.39, 0.29) is 6.61 Å². The Morgan fingerprint density at radius 3 is 2.20 bits per heavy atom. The summed E-state index contributed by atoms with van der Waals surface area (Å²) in [5.74, 6) is 0.729. The van der Waals surface area contributed by atoms with Gasteiger partial charge in [0.1, 0.15) is 11.5 Å². The number of carboxylic acid groups (broad SMARTS) is 1. The van der Waals surface area contributed by atoms with Crippen LogP contribution in [0.1, 0.15) is 18.1 Å². The summed E-state index contributed by atoms with van der Waals surface area (Å²) in [7, 11) is 0. The van der Waals surface area contributed by atoms with Crippen LogP contribution in [0.5, 0.6) is 11.5 Å². The number of benzene rings is 2. The number of hydrogen-bond acceptors (Lipinski definition) is 3. The van der Waals surface area contributed by atoms with Crippen molar-refractivity contribution in [3.05, 3.63) is 59.7 Å². The van der Waals surface area contributed by atoms with E-state index in [4.69, 9.17) is 19.7 Å². The minimum atomic E-state index is -0.833. The number of ether oxygens (including phenoxy) is 1. The standard InChI is InChI=1S/C14H14O2.C2H4O2/c1-11-4-2-6-13(8-11)16-14-7-3-5-12(9-14)10-15;1-2(3)4/h2-9,15H,10H2,1H3;1H3,(H,3,4). The molecule has 0 heterocycles. The van der Waals surface area contributed by atoms with Crippen LogP contribution in [-0.2, 0) is 11.4 Å². The molecule has 20 heavy (non-hydrogen) atoms. The molecule has 0 spiro atoms. The van der Waals surface area contributed by atoms with Crippen molar-refractivity contribution in [3.8, 4) is 11.5 Å². The summed E-state index contributed by atoms with van der Waals surface area (Å²) < 4.78 is 5.69. The van der Waals surface area contributed by atoms with Crippen LogP contribution in [0.3, 0.4) is 0 Å². The Bertz CT molecular complexity index is 560. The zero-order chi connectivity index (χ0) is 15.0. The molecule has 0 aliphatic carbocycles. The first-order valence-electron chi connectivity index (χ1n) is 6.15. The van der Waals surface area contributed by atoms with Crippen molar-refractivity contribution in [3.63, 3.8) is 0 Å². The Kier molecular flexibility index (Phi) is 6.26. The van der Waals surface area contributed by atoms with Crippen molar-refractivity contribution in [2.24, 2.45) is 0 Å². The summed E-state index contributed by atoms with van der Waals surface area (Å²) in [4.78, 5) is 9.00. The third-order valence-corrected chi connectivity index (χ3v) is 2.31. The van der Waals surface area contributed by atoms with Gasteiger partial charge in [0.25, 0.3) is 5.97 Å². The molecule has 2 rings (SSSR count). The molecule has 0 amide bonds. The monoisotopic (exact) mass is 274 g/mol. The van der Waals surface area contributed by atoms with Gasteiger partial charge in [-0.2, -0.15) is 0 Å². The van der Waals surface area contributed by atoms with Gasteiger partial charge in [-0.15, -0.1) is 0 Å². The SMILES string of the molecule is CC(=O)O.Cc1cccc(Oc2cccc(CO)c2)c1. The molecule has 0 fully saturated rings. The molecule has 2 aromatic carbocycles. The quantitative estimate of drug-likeness (QED) is 0.900. The molecule has 0 atom stereocenters. The molecule has 2 N–H and O–H groups in total. The molecule has 0 unspecified atom stereocenters.